The Bertz CT molecular complexity index is 490. The molecule has 6 heteroatoms. The third kappa shape index (κ3) is 4.74. The molecule has 0 bridgehead atoms. The zero-order chi connectivity index (χ0) is 15.1. The molecule has 1 rings (SSSR count). The smallest absolute Gasteiger partial charge is 0.328 e. The minimum atomic E-state index is -0.646. The molecular formula is C14H18ClNO4. The third-order valence-electron chi connectivity index (χ3n) is 2.79. The molecule has 1 N–H and O–H groups in total. The first-order valence-corrected chi connectivity index (χ1v) is 6.55. The molecule has 5 nitrogen and oxygen atoms in total. The third-order valence-corrected chi connectivity index (χ3v) is 3.08. The van der Waals surface area contributed by atoms with E-state index in [1.165, 1.54) is 7.11 Å². The van der Waals surface area contributed by atoms with Gasteiger partial charge in [0, 0.05) is 6.42 Å². The summed E-state index contributed by atoms with van der Waals surface area (Å²) in [6, 6.07) is 4.72. The summed E-state index contributed by atoms with van der Waals surface area (Å²) in [4.78, 5) is 22.8. The number of esters is 1. The lowest BCUT2D eigenvalue weighted by molar-refractivity contribution is -0.144. The zero-order valence-corrected chi connectivity index (χ0v) is 12.5. The van der Waals surface area contributed by atoms with Gasteiger partial charge in [0.2, 0.25) is 5.91 Å². The average Bonchev–Trinajstić information content (AvgIpc) is 2.44. The lowest BCUT2D eigenvalue weighted by atomic mass is 10.1. The summed E-state index contributed by atoms with van der Waals surface area (Å²) in [6.07, 6.45) is 0.799. The van der Waals surface area contributed by atoms with Gasteiger partial charge in [0.15, 0.2) is 0 Å². The van der Waals surface area contributed by atoms with Crippen molar-refractivity contribution in [3.05, 3.63) is 28.8 Å². The quantitative estimate of drug-likeness (QED) is 0.816. The van der Waals surface area contributed by atoms with Gasteiger partial charge in [0.05, 0.1) is 19.2 Å². The number of carbonyl (C=O) groups is 2. The Kier molecular flexibility index (Phi) is 6.31. The van der Waals surface area contributed by atoms with E-state index in [0.717, 1.165) is 5.56 Å². The maximum absolute atomic E-state index is 11.7. The predicted octanol–water partition coefficient (Wildman–Crippen LogP) is 1.96. The Morgan fingerprint density at radius 1 is 1.35 bits per heavy atom. The highest BCUT2D eigenvalue weighted by Crippen LogP contribution is 2.25. The monoisotopic (exact) mass is 299 g/mol. The number of ether oxygens (including phenoxy) is 2. The van der Waals surface area contributed by atoms with Gasteiger partial charge < -0.3 is 14.8 Å². The summed E-state index contributed by atoms with van der Waals surface area (Å²) in [5.74, 6) is -0.0835. The first kappa shape index (κ1) is 16.3. The standard InChI is InChI=1S/C14H18ClNO4/c1-9(14(18)20-3)16-13(17)7-5-10-4-6-12(19-2)11(15)8-10/h4,6,8-9H,5,7H2,1-3H3,(H,16,17). The van der Waals surface area contributed by atoms with Crippen molar-refractivity contribution >= 4 is 23.5 Å². The van der Waals surface area contributed by atoms with Gasteiger partial charge in [-0.25, -0.2) is 4.79 Å². The molecule has 0 saturated heterocycles. The second-order valence-electron chi connectivity index (χ2n) is 4.28. The molecular weight excluding hydrogens is 282 g/mol. The number of benzene rings is 1. The lowest BCUT2D eigenvalue weighted by Gasteiger charge is -2.11. The van der Waals surface area contributed by atoms with Gasteiger partial charge in [0.1, 0.15) is 11.8 Å². The van der Waals surface area contributed by atoms with Crippen LogP contribution >= 0.6 is 11.6 Å². The highest BCUT2D eigenvalue weighted by Gasteiger charge is 2.15. The molecule has 1 aromatic rings. The van der Waals surface area contributed by atoms with Crippen LogP contribution in [0.2, 0.25) is 5.02 Å². The van der Waals surface area contributed by atoms with Crippen LogP contribution < -0.4 is 10.1 Å². The van der Waals surface area contributed by atoms with Crippen LogP contribution in [0.15, 0.2) is 18.2 Å². The lowest BCUT2D eigenvalue weighted by Crippen LogP contribution is -2.39. The van der Waals surface area contributed by atoms with E-state index in [1.807, 2.05) is 6.07 Å². The Balaban J connectivity index is 2.49. The van der Waals surface area contributed by atoms with Crippen LogP contribution in [0.4, 0.5) is 0 Å². The van der Waals surface area contributed by atoms with Crippen LogP contribution in [0.5, 0.6) is 5.75 Å². The van der Waals surface area contributed by atoms with E-state index < -0.39 is 12.0 Å². The van der Waals surface area contributed by atoms with E-state index in [4.69, 9.17) is 16.3 Å². The highest BCUT2D eigenvalue weighted by molar-refractivity contribution is 6.32. The topological polar surface area (TPSA) is 64.6 Å². The van der Waals surface area contributed by atoms with Crippen molar-refractivity contribution in [2.45, 2.75) is 25.8 Å². The predicted molar refractivity (Wildman–Crippen MR) is 75.9 cm³/mol. The summed E-state index contributed by atoms with van der Waals surface area (Å²) in [5.41, 5.74) is 0.927. The van der Waals surface area contributed by atoms with E-state index in [-0.39, 0.29) is 12.3 Å². The fraction of sp³-hybridized carbons (Fsp3) is 0.429. The van der Waals surface area contributed by atoms with Crippen molar-refractivity contribution in [2.24, 2.45) is 0 Å². The highest BCUT2D eigenvalue weighted by atomic mass is 35.5. The summed E-state index contributed by atoms with van der Waals surface area (Å²) in [5, 5.41) is 3.07. The fourth-order valence-electron chi connectivity index (χ4n) is 1.67. The first-order valence-electron chi connectivity index (χ1n) is 6.17. The van der Waals surface area contributed by atoms with Gasteiger partial charge in [-0.3, -0.25) is 4.79 Å². The van der Waals surface area contributed by atoms with Crippen LogP contribution in [-0.4, -0.2) is 32.1 Å². The van der Waals surface area contributed by atoms with Crippen LogP contribution in [0, 0.1) is 0 Å². The molecule has 110 valence electrons. The number of nitrogens with one attached hydrogen (secondary N) is 1. The van der Waals surface area contributed by atoms with E-state index in [0.29, 0.717) is 17.2 Å². The van der Waals surface area contributed by atoms with Crippen LogP contribution in [0.3, 0.4) is 0 Å². The number of hydrogen-bond donors (Lipinski definition) is 1. The number of methoxy groups -OCH3 is 2. The molecule has 0 radical (unpaired) electrons. The van der Waals surface area contributed by atoms with E-state index in [9.17, 15) is 9.59 Å². The largest absolute Gasteiger partial charge is 0.495 e. The van der Waals surface area contributed by atoms with Crippen LogP contribution in [-0.2, 0) is 20.7 Å². The molecule has 0 fully saturated rings. The number of aryl methyl sites for hydroxylation is 1. The Labute approximate surface area is 123 Å². The van der Waals surface area contributed by atoms with Gasteiger partial charge in [0.25, 0.3) is 0 Å². The molecule has 1 amide bonds. The minimum Gasteiger partial charge on any atom is -0.495 e. The van der Waals surface area contributed by atoms with Crippen molar-refractivity contribution < 1.29 is 19.1 Å². The van der Waals surface area contributed by atoms with E-state index >= 15 is 0 Å². The number of halogens is 1. The summed E-state index contributed by atoms with van der Waals surface area (Å²) in [6.45, 7) is 1.58. The van der Waals surface area contributed by atoms with Gasteiger partial charge in [-0.2, -0.15) is 0 Å². The number of hydrogen-bond acceptors (Lipinski definition) is 4. The van der Waals surface area contributed by atoms with Gasteiger partial charge in [-0.05, 0) is 31.0 Å². The molecule has 0 aliphatic carbocycles. The van der Waals surface area contributed by atoms with Crippen LogP contribution in [0.25, 0.3) is 0 Å². The van der Waals surface area contributed by atoms with Gasteiger partial charge >= 0.3 is 5.97 Å². The summed E-state index contributed by atoms with van der Waals surface area (Å²) in [7, 11) is 2.83. The van der Waals surface area contributed by atoms with Crippen molar-refractivity contribution in [2.75, 3.05) is 14.2 Å². The van der Waals surface area contributed by atoms with Gasteiger partial charge in [-0.1, -0.05) is 17.7 Å². The van der Waals surface area contributed by atoms with Crippen LogP contribution in [0.1, 0.15) is 18.9 Å². The number of carbonyl (C=O) groups excluding carboxylic acids is 2. The van der Waals surface area contributed by atoms with Crippen molar-refractivity contribution in [3.8, 4) is 5.75 Å². The SMILES string of the molecule is COC(=O)C(C)NC(=O)CCc1ccc(OC)c(Cl)c1. The molecule has 0 spiro atoms. The molecule has 0 saturated carbocycles. The number of amides is 1. The molecule has 1 unspecified atom stereocenters. The molecule has 0 aliphatic rings. The minimum absolute atomic E-state index is 0.213. The maximum atomic E-state index is 11.7. The molecule has 1 atom stereocenters. The Hall–Kier alpha value is -1.75. The molecule has 0 aromatic heterocycles. The molecule has 20 heavy (non-hydrogen) atoms. The van der Waals surface area contributed by atoms with Crippen molar-refractivity contribution in [3.63, 3.8) is 0 Å². The van der Waals surface area contributed by atoms with Crippen molar-refractivity contribution in [1.29, 1.82) is 0 Å². The molecule has 1 aromatic carbocycles. The molecule has 0 heterocycles. The Morgan fingerprint density at radius 2 is 2.05 bits per heavy atom. The fourth-order valence-corrected chi connectivity index (χ4v) is 1.95. The normalized spacial score (nSPS) is 11.6. The van der Waals surface area contributed by atoms with Gasteiger partial charge in [-0.15, -0.1) is 0 Å². The zero-order valence-electron chi connectivity index (χ0n) is 11.7. The Morgan fingerprint density at radius 3 is 2.60 bits per heavy atom. The second-order valence-corrected chi connectivity index (χ2v) is 4.69. The van der Waals surface area contributed by atoms with Crippen molar-refractivity contribution in [1.82, 2.24) is 5.32 Å². The molecule has 0 aliphatic heterocycles. The second kappa shape index (κ2) is 7.75. The number of rotatable bonds is 6. The summed E-state index contributed by atoms with van der Waals surface area (Å²) < 4.78 is 9.59. The van der Waals surface area contributed by atoms with E-state index in [2.05, 4.69) is 10.1 Å². The maximum Gasteiger partial charge on any atom is 0.328 e. The first-order chi connectivity index (χ1) is 9.47. The van der Waals surface area contributed by atoms with E-state index in [1.54, 1.807) is 26.2 Å². The summed E-state index contributed by atoms with van der Waals surface area (Å²) >= 11 is 6.00. The average molecular weight is 300 g/mol.